The van der Waals surface area contributed by atoms with E-state index in [2.05, 4.69) is 22.2 Å². The molecule has 2 fully saturated rings. The van der Waals surface area contributed by atoms with Crippen LogP contribution in [0.4, 0.5) is 5.69 Å². The fraction of sp³-hybridized carbons (Fsp3) is 0.467. The van der Waals surface area contributed by atoms with Gasteiger partial charge >= 0.3 is 0 Å². The van der Waals surface area contributed by atoms with E-state index in [0.717, 1.165) is 60.6 Å². The number of rotatable bonds is 8. The Kier molecular flexibility index (Phi) is 8.28. The summed E-state index contributed by atoms with van der Waals surface area (Å²) in [6, 6.07) is 7.74. The number of carbonyl (C=O) groups is 2. The third-order valence-corrected chi connectivity index (χ3v) is 9.26. The second kappa shape index (κ2) is 11.8. The molecule has 9 heteroatoms. The molecular weight excluding hydrogens is 510 g/mol. The van der Waals surface area contributed by atoms with Gasteiger partial charge in [-0.3, -0.25) is 14.6 Å². The van der Waals surface area contributed by atoms with Crippen molar-refractivity contribution in [3.63, 3.8) is 0 Å². The first-order valence-electron chi connectivity index (χ1n) is 13.7. The van der Waals surface area contributed by atoms with Crippen molar-refractivity contribution >= 4 is 28.8 Å². The van der Waals surface area contributed by atoms with Gasteiger partial charge in [-0.05, 0) is 69.9 Å². The molecule has 1 atom stereocenters. The number of piperidine rings is 1. The summed E-state index contributed by atoms with van der Waals surface area (Å²) < 4.78 is 5.64. The molecule has 1 aliphatic carbocycles. The van der Waals surface area contributed by atoms with Gasteiger partial charge in [0.25, 0.3) is 5.91 Å². The number of aromatic nitrogens is 2. The van der Waals surface area contributed by atoms with Crippen LogP contribution in [-0.2, 0) is 4.79 Å². The fourth-order valence-corrected chi connectivity index (χ4v) is 6.13. The number of ether oxygens (including phenoxy) is 1. The average Bonchev–Trinajstić information content (AvgIpc) is 3.40. The number of likely N-dealkylation sites (tertiary alicyclic amines) is 1. The molecular formula is C30H37N5O3S. The van der Waals surface area contributed by atoms with Crippen molar-refractivity contribution < 1.29 is 14.3 Å². The van der Waals surface area contributed by atoms with E-state index < -0.39 is 0 Å². The summed E-state index contributed by atoms with van der Waals surface area (Å²) in [4.78, 5) is 40.3. The zero-order valence-corrected chi connectivity index (χ0v) is 24.0. The van der Waals surface area contributed by atoms with E-state index in [9.17, 15) is 9.59 Å². The smallest absolute Gasteiger partial charge is 0.257 e. The normalized spacial score (nSPS) is 17.3. The van der Waals surface area contributed by atoms with E-state index in [-0.39, 0.29) is 23.8 Å². The Labute approximate surface area is 234 Å². The highest BCUT2D eigenvalue weighted by Crippen LogP contribution is 2.35. The molecule has 2 aromatic heterocycles. The largest absolute Gasteiger partial charge is 0.496 e. The van der Waals surface area contributed by atoms with Crippen LogP contribution in [0.2, 0.25) is 0 Å². The van der Waals surface area contributed by atoms with Crippen molar-refractivity contribution in [2.24, 2.45) is 11.8 Å². The molecule has 2 amide bonds. The van der Waals surface area contributed by atoms with E-state index in [0.29, 0.717) is 22.9 Å². The highest BCUT2D eigenvalue weighted by Gasteiger charge is 2.29. The number of methoxy groups -OCH3 is 1. The number of thiophene rings is 1. The molecule has 206 valence electrons. The summed E-state index contributed by atoms with van der Waals surface area (Å²) in [6.07, 6.45) is 8.87. The van der Waals surface area contributed by atoms with Gasteiger partial charge in [-0.25, -0.2) is 4.98 Å². The first kappa shape index (κ1) is 27.3. The van der Waals surface area contributed by atoms with Gasteiger partial charge in [-0.2, -0.15) is 0 Å². The lowest BCUT2D eigenvalue weighted by molar-refractivity contribution is -0.121. The molecule has 3 heterocycles. The SMILES string of the molecule is COc1cc(-c2cncc(-c3cc(NC(=O)C(C)C4CCC4)cs3)n2)ccc1C(=O)N(C)C1CCN(C)CC1. The maximum absolute atomic E-state index is 13.3. The van der Waals surface area contributed by atoms with E-state index in [1.54, 1.807) is 19.5 Å². The number of nitrogens with one attached hydrogen (secondary N) is 1. The molecule has 8 nitrogen and oxygen atoms in total. The maximum atomic E-state index is 13.3. The van der Waals surface area contributed by atoms with Crippen LogP contribution in [0.1, 0.15) is 49.4 Å². The zero-order valence-electron chi connectivity index (χ0n) is 23.1. The average molecular weight is 548 g/mol. The number of amides is 2. The van der Waals surface area contributed by atoms with Gasteiger partial charge < -0.3 is 19.9 Å². The van der Waals surface area contributed by atoms with Crippen LogP contribution in [-0.4, -0.2) is 71.9 Å². The van der Waals surface area contributed by atoms with Gasteiger partial charge in [0, 0.05) is 30.0 Å². The minimum absolute atomic E-state index is 0.0270. The summed E-state index contributed by atoms with van der Waals surface area (Å²) >= 11 is 1.52. The molecule has 0 radical (unpaired) electrons. The highest BCUT2D eigenvalue weighted by atomic mass is 32.1. The Bertz CT molecular complexity index is 1330. The molecule has 1 N–H and O–H groups in total. The Balaban J connectivity index is 1.31. The molecule has 0 spiro atoms. The van der Waals surface area contributed by atoms with Gasteiger partial charge in [0.05, 0.1) is 47.0 Å². The van der Waals surface area contributed by atoms with Crippen LogP contribution in [0, 0.1) is 11.8 Å². The summed E-state index contributed by atoms with van der Waals surface area (Å²) in [6.45, 7) is 4.00. The number of carbonyl (C=O) groups excluding carboxylic acids is 2. The third kappa shape index (κ3) is 5.99. The lowest BCUT2D eigenvalue weighted by Crippen LogP contribution is -2.44. The third-order valence-electron chi connectivity index (χ3n) is 8.31. The first-order valence-corrected chi connectivity index (χ1v) is 14.6. The van der Waals surface area contributed by atoms with Crippen molar-refractivity contribution in [1.29, 1.82) is 0 Å². The van der Waals surface area contributed by atoms with E-state index in [1.807, 2.05) is 48.5 Å². The Morgan fingerprint density at radius 3 is 2.56 bits per heavy atom. The summed E-state index contributed by atoms with van der Waals surface area (Å²) in [7, 11) is 5.58. The van der Waals surface area contributed by atoms with Crippen LogP contribution < -0.4 is 10.1 Å². The molecule has 2 aliphatic rings. The number of benzene rings is 1. The molecule has 3 aromatic rings. The number of nitrogens with zero attached hydrogens (tertiary/aromatic N) is 4. The van der Waals surface area contributed by atoms with Crippen LogP contribution >= 0.6 is 11.3 Å². The molecule has 1 aliphatic heterocycles. The van der Waals surface area contributed by atoms with E-state index in [1.165, 1.54) is 17.8 Å². The summed E-state index contributed by atoms with van der Waals surface area (Å²) in [5, 5.41) is 5.01. The number of hydrogen-bond donors (Lipinski definition) is 1. The Morgan fingerprint density at radius 1 is 1.13 bits per heavy atom. The predicted octanol–water partition coefficient (Wildman–Crippen LogP) is 5.42. The van der Waals surface area contributed by atoms with Gasteiger partial charge in [-0.15, -0.1) is 11.3 Å². The monoisotopic (exact) mass is 547 g/mol. The minimum Gasteiger partial charge on any atom is -0.496 e. The van der Waals surface area contributed by atoms with Crippen molar-refractivity contribution in [2.75, 3.05) is 39.6 Å². The fourth-order valence-electron chi connectivity index (χ4n) is 5.34. The number of hydrogen-bond acceptors (Lipinski definition) is 7. The Morgan fingerprint density at radius 2 is 1.87 bits per heavy atom. The molecule has 1 saturated carbocycles. The van der Waals surface area contributed by atoms with Crippen molar-refractivity contribution in [3.05, 3.63) is 47.6 Å². The van der Waals surface area contributed by atoms with Crippen molar-refractivity contribution in [3.8, 4) is 27.6 Å². The van der Waals surface area contributed by atoms with Gasteiger partial charge in [0.1, 0.15) is 5.75 Å². The Hall–Kier alpha value is -3.30. The van der Waals surface area contributed by atoms with Crippen molar-refractivity contribution in [2.45, 2.75) is 45.1 Å². The predicted molar refractivity (Wildman–Crippen MR) is 155 cm³/mol. The van der Waals surface area contributed by atoms with Gasteiger partial charge in [-0.1, -0.05) is 19.4 Å². The summed E-state index contributed by atoms with van der Waals surface area (Å²) in [5.74, 6) is 1.09. The van der Waals surface area contributed by atoms with Crippen LogP contribution in [0.25, 0.3) is 21.8 Å². The molecule has 1 unspecified atom stereocenters. The van der Waals surface area contributed by atoms with Crippen LogP contribution in [0.3, 0.4) is 0 Å². The molecule has 5 rings (SSSR count). The summed E-state index contributed by atoms with van der Waals surface area (Å²) in [5.41, 5.74) is 3.56. The highest BCUT2D eigenvalue weighted by molar-refractivity contribution is 7.14. The van der Waals surface area contributed by atoms with Gasteiger partial charge in [0.2, 0.25) is 5.91 Å². The van der Waals surface area contributed by atoms with E-state index >= 15 is 0 Å². The minimum atomic E-state index is -0.0347. The maximum Gasteiger partial charge on any atom is 0.257 e. The first-order chi connectivity index (χ1) is 18.8. The molecule has 1 saturated heterocycles. The molecule has 39 heavy (non-hydrogen) atoms. The van der Waals surface area contributed by atoms with Crippen molar-refractivity contribution in [1.82, 2.24) is 19.8 Å². The topological polar surface area (TPSA) is 87.7 Å². The number of anilines is 1. The van der Waals surface area contributed by atoms with Crippen LogP contribution in [0.15, 0.2) is 42.0 Å². The lowest BCUT2D eigenvalue weighted by atomic mass is 9.76. The van der Waals surface area contributed by atoms with E-state index in [4.69, 9.17) is 9.72 Å². The zero-order chi connectivity index (χ0) is 27.5. The van der Waals surface area contributed by atoms with Gasteiger partial charge in [0.15, 0.2) is 0 Å². The quantitative estimate of drug-likeness (QED) is 0.405. The molecule has 1 aromatic carbocycles. The second-order valence-electron chi connectivity index (χ2n) is 10.8. The van der Waals surface area contributed by atoms with Crippen LogP contribution in [0.5, 0.6) is 5.75 Å². The molecule has 0 bridgehead atoms. The second-order valence-corrected chi connectivity index (χ2v) is 11.7. The lowest BCUT2D eigenvalue weighted by Gasteiger charge is -2.35. The standard InChI is InChI=1S/C30H37N5O3S/c1-19(20-6-5-7-20)29(36)32-22-15-28(39-18-22)26-17-31-16-25(33-26)21-8-9-24(27(14-21)38-4)30(37)35(3)23-10-12-34(2)13-11-23/h8-9,14-20,23H,5-7,10-13H2,1-4H3,(H,32,36).